The lowest BCUT2D eigenvalue weighted by Crippen LogP contribution is -1.85. The van der Waals surface area contributed by atoms with Gasteiger partial charge in [0.2, 0.25) is 0 Å². The minimum Gasteiger partial charge on any atom is -0.172 e. The maximum absolute atomic E-state index is 4.53. The number of rotatable bonds is 2. The highest BCUT2D eigenvalue weighted by Crippen LogP contribution is 2.35. The van der Waals surface area contributed by atoms with Crippen LogP contribution in [0.3, 0.4) is 0 Å². The number of hydrogen-bond acceptors (Lipinski definition) is 3. The molecular formula is C18H10Br2N2S. The average molecular weight is 446 g/mol. The summed E-state index contributed by atoms with van der Waals surface area (Å²) in [5.74, 6) is 0. The van der Waals surface area contributed by atoms with Crippen molar-refractivity contribution in [2.45, 2.75) is 0 Å². The van der Waals surface area contributed by atoms with E-state index in [2.05, 4.69) is 77.0 Å². The second-order valence-electron chi connectivity index (χ2n) is 5.14. The Kier molecular flexibility index (Phi) is 4.01. The van der Waals surface area contributed by atoms with E-state index in [1.165, 1.54) is 11.7 Å². The van der Waals surface area contributed by atoms with E-state index in [9.17, 15) is 0 Å². The van der Waals surface area contributed by atoms with Crippen LogP contribution in [0.15, 0.2) is 69.6 Å². The third-order valence-electron chi connectivity index (χ3n) is 3.73. The molecule has 1 aromatic heterocycles. The molecule has 2 nitrogen and oxygen atoms in total. The fraction of sp³-hybridized carbons (Fsp3) is 0. The predicted molar refractivity (Wildman–Crippen MR) is 104 cm³/mol. The van der Waals surface area contributed by atoms with Gasteiger partial charge in [-0.05, 0) is 35.4 Å². The van der Waals surface area contributed by atoms with Crippen LogP contribution >= 0.6 is 43.6 Å². The van der Waals surface area contributed by atoms with Crippen molar-refractivity contribution >= 4 is 54.6 Å². The van der Waals surface area contributed by atoms with E-state index >= 15 is 0 Å². The van der Waals surface area contributed by atoms with E-state index in [0.717, 1.165) is 42.2 Å². The van der Waals surface area contributed by atoms with E-state index in [1.54, 1.807) is 0 Å². The van der Waals surface area contributed by atoms with Crippen LogP contribution < -0.4 is 0 Å². The van der Waals surface area contributed by atoms with Gasteiger partial charge < -0.3 is 0 Å². The first-order valence-electron chi connectivity index (χ1n) is 6.99. The Bertz CT molecular complexity index is 897. The third-order valence-corrected chi connectivity index (χ3v) is 5.31. The fourth-order valence-corrected chi connectivity index (χ4v) is 3.69. The maximum atomic E-state index is 4.53. The second-order valence-corrected chi connectivity index (χ2v) is 7.50. The third kappa shape index (κ3) is 2.84. The van der Waals surface area contributed by atoms with Crippen molar-refractivity contribution in [3.63, 3.8) is 0 Å². The van der Waals surface area contributed by atoms with E-state index in [0.29, 0.717) is 0 Å². The molecule has 0 aliphatic carbocycles. The van der Waals surface area contributed by atoms with Crippen molar-refractivity contribution in [3.05, 3.63) is 69.6 Å². The molecule has 0 atom stereocenters. The van der Waals surface area contributed by atoms with Gasteiger partial charge in [-0.1, -0.05) is 68.3 Å². The Morgan fingerprint density at radius 3 is 1.35 bits per heavy atom. The molecule has 1 heterocycles. The van der Waals surface area contributed by atoms with Crippen LogP contribution in [-0.2, 0) is 0 Å². The average Bonchev–Trinajstić information content (AvgIpc) is 3.05. The second kappa shape index (κ2) is 6.15. The number of aromatic nitrogens is 2. The van der Waals surface area contributed by atoms with Gasteiger partial charge in [0.1, 0.15) is 11.0 Å². The van der Waals surface area contributed by atoms with Crippen LogP contribution in [0.2, 0.25) is 0 Å². The zero-order valence-corrected chi connectivity index (χ0v) is 15.8. The molecule has 0 saturated heterocycles. The lowest BCUT2D eigenvalue weighted by atomic mass is 9.98. The summed E-state index contributed by atoms with van der Waals surface area (Å²) in [5.41, 5.74) is 6.43. The number of benzene rings is 3. The predicted octanol–water partition coefficient (Wildman–Crippen LogP) is 6.55. The summed E-state index contributed by atoms with van der Waals surface area (Å²) >= 11 is 8.22. The van der Waals surface area contributed by atoms with Crippen molar-refractivity contribution in [1.29, 1.82) is 0 Å². The molecule has 0 amide bonds. The van der Waals surface area contributed by atoms with E-state index in [-0.39, 0.29) is 0 Å². The standard InChI is InChI=1S/C18H10Br2N2S/c19-13-5-1-11(2-6-13)15-9-10-16(18-17(15)21-23-22-18)12-3-7-14(20)8-4-12/h1-10H. The summed E-state index contributed by atoms with van der Waals surface area (Å²) in [6.45, 7) is 0. The molecule has 0 radical (unpaired) electrons. The summed E-state index contributed by atoms with van der Waals surface area (Å²) in [5, 5.41) is 0. The van der Waals surface area contributed by atoms with Gasteiger partial charge in [-0.15, -0.1) is 0 Å². The molecule has 0 spiro atoms. The maximum Gasteiger partial charge on any atom is 0.113 e. The van der Waals surface area contributed by atoms with Crippen molar-refractivity contribution in [2.24, 2.45) is 0 Å². The summed E-state index contributed by atoms with van der Waals surface area (Å²) in [7, 11) is 0. The van der Waals surface area contributed by atoms with Crippen molar-refractivity contribution < 1.29 is 0 Å². The minimum atomic E-state index is 0.956. The van der Waals surface area contributed by atoms with Gasteiger partial charge in [-0.3, -0.25) is 0 Å². The zero-order valence-electron chi connectivity index (χ0n) is 11.8. The monoisotopic (exact) mass is 444 g/mol. The molecule has 5 heteroatoms. The summed E-state index contributed by atoms with van der Waals surface area (Å²) < 4.78 is 11.2. The topological polar surface area (TPSA) is 25.8 Å². The van der Waals surface area contributed by atoms with Crippen LogP contribution in [0.4, 0.5) is 0 Å². The Balaban J connectivity index is 1.91. The van der Waals surface area contributed by atoms with Gasteiger partial charge in [0.25, 0.3) is 0 Å². The van der Waals surface area contributed by atoms with Gasteiger partial charge in [-0.2, -0.15) is 8.75 Å². The van der Waals surface area contributed by atoms with Gasteiger partial charge >= 0.3 is 0 Å². The van der Waals surface area contributed by atoms with Crippen molar-refractivity contribution in [2.75, 3.05) is 0 Å². The molecule has 0 aliphatic heterocycles. The molecule has 0 bridgehead atoms. The number of halogens is 2. The quantitative estimate of drug-likeness (QED) is 0.349. The summed E-state index contributed by atoms with van der Waals surface area (Å²) in [6, 6.07) is 20.8. The molecule has 0 aliphatic rings. The molecule has 112 valence electrons. The summed E-state index contributed by atoms with van der Waals surface area (Å²) in [4.78, 5) is 0. The van der Waals surface area contributed by atoms with Gasteiger partial charge in [-0.25, -0.2) is 0 Å². The molecule has 0 N–H and O–H groups in total. The first kappa shape index (κ1) is 15.0. The van der Waals surface area contributed by atoms with E-state index in [1.807, 2.05) is 24.3 Å². The van der Waals surface area contributed by atoms with Gasteiger partial charge in [0.05, 0.1) is 11.7 Å². The van der Waals surface area contributed by atoms with Crippen LogP contribution in [-0.4, -0.2) is 8.75 Å². The van der Waals surface area contributed by atoms with Crippen molar-refractivity contribution in [1.82, 2.24) is 8.75 Å². The normalized spacial score (nSPS) is 11.0. The number of fused-ring (bicyclic) bond motifs is 1. The number of nitrogens with zero attached hydrogens (tertiary/aromatic N) is 2. The molecule has 23 heavy (non-hydrogen) atoms. The zero-order chi connectivity index (χ0) is 15.8. The molecule has 4 rings (SSSR count). The van der Waals surface area contributed by atoms with Crippen LogP contribution in [0.25, 0.3) is 33.3 Å². The lowest BCUT2D eigenvalue weighted by molar-refractivity contribution is 1.56. The first-order valence-corrected chi connectivity index (χ1v) is 9.31. The number of hydrogen-bond donors (Lipinski definition) is 0. The van der Waals surface area contributed by atoms with Gasteiger partial charge in [0, 0.05) is 20.1 Å². The lowest BCUT2D eigenvalue weighted by Gasteiger charge is -2.07. The Labute approximate surface area is 154 Å². The van der Waals surface area contributed by atoms with Gasteiger partial charge in [0.15, 0.2) is 0 Å². The van der Waals surface area contributed by atoms with Crippen LogP contribution in [0, 0.1) is 0 Å². The highest BCUT2D eigenvalue weighted by Gasteiger charge is 2.13. The first-order chi connectivity index (χ1) is 11.2. The molecule has 0 unspecified atom stereocenters. The van der Waals surface area contributed by atoms with Crippen LogP contribution in [0.5, 0.6) is 0 Å². The molecule has 0 saturated carbocycles. The Hall–Kier alpha value is -1.56. The summed E-state index contributed by atoms with van der Waals surface area (Å²) in [6.07, 6.45) is 0. The largest absolute Gasteiger partial charge is 0.172 e. The SMILES string of the molecule is Brc1ccc(-c2ccc(-c3ccc(Br)cc3)c3nsnc23)cc1. The van der Waals surface area contributed by atoms with Crippen LogP contribution in [0.1, 0.15) is 0 Å². The fourth-order valence-electron chi connectivity index (χ4n) is 2.59. The van der Waals surface area contributed by atoms with Crippen molar-refractivity contribution in [3.8, 4) is 22.3 Å². The highest BCUT2D eigenvalue weighted by molar-refractivity contribution is 9.10. The molecular weight excluding hydrogens is 436 g/mol. The smallest absolute Gasteiger partial charge is 0.113 e. The Morgan fingerprint density at radius 2 is 0.957 bits per heavy atom. The molecule has 4 aromatic rings. The highest BCUT2D eigenvalue weighted by atomic mass is 79.9. The molecule has 0 fully saturated rings. The molecule has 3 aromatic carbocycles. The Morgan fingerprint density at radius 1 is 0.565 bits per heavy atom. The minimum absolute atomic E-state index is 0.956. The van der Waals surface area contributed by atoms with E-state index < -0.39 is 0 Å². The van der Waals surface area contributed by atoms with E-state index in [4.69, 9.17) is 0 Å².